The normalized spacial score (nSPS) is 10.8. The van der Waals surface area contributed by atoms with Gasteiger partial charge in [0.2, 0.25) is 5.95 Å². The number of aromatic nitrogens is 2. The molecule has 2 rings (SSSR count). The molecule has 0 radical (unpaired) electrons. The number of carboxylic acid groups (broad SMARTS) is 1. The van der Waals surface area contributed by atoms with Gasteiger partial charge in [-0.1, -0.05) is 0 Å². The molecule has 9 heteroatoms. The van der Waals surface area contributed by atoms with Crippen LogP contribution < -0.4 is 5.73 Å². The number of carboxylic acids is 1. The van der Waals surface area contributed by atoms with Gasteiger partial charge < -0.3 is 10.8 Å². The smallest absolute Gasteiger partial charge is 0.475 e. The summed E-state index contributed by atoms with van der Waals surface area (Å²) in [6.45, 7) is 0. The van der Waals surface area contributed by atoms with Crippen LogP contribution in [0.3, 0.4) is 0 Å². The number of carbonyl (C=O) groups is 1. The first-order chi connectivity index (χ1) is 7.80. The summed E-state index contributed by atoms with van der Waals surface area (Å²) in [5, 5.41) is 9.10. The Morgan fingerprint density at radius 2 is 2.06 bits per heavy atom. The van der Waals surface area contributed by atoms with Gasteiger partial charge in [0, 0.05) is 0 Å². The Bertz CT molecular complexity index is 526. The van der Waals surface area contributed by atoms with E-state index >= 15 is 0 Å². The number of aliphatic carboxylic acids is 1. The second-order valence-electron chi connectivity index (χ2n) is 2.70. The molecular formula is C8H6F3N3O2S. The van der Waals surface area contributed by atoms with Crippen LogP contribution >= 0.6 is 11.3 Å². The van der Waals surface area contributed by atoms with Gasteiger partial charge in [-0.15, -0.1) is 11.3 Å². The van der Waals surface area contributed by atoms with E-state index in [0.29, 0.717) is 5.95 Å². The minimum absolute atomic E-state index is 0.339. The zero-order valence-electron chi connectivity index (χ0n) is 8.10. The first-order valence-electron chi connectivity index (χ1n) is 4.06. The molecule has 0 aliphatic rings. The minimum Gasteiger partial charge on any atom is -0.475 e. The zero-order chi connectivity index (χ0) is 13.1. The van der Waals surface area contributed by atoms with E-state index in [1.165, 1.54) is 0 Å². The molecule has 2 aromatic heterocycles. The van der Waals surface area contributed by atoms with E-state index in [4.69, 9.17) is 15.6 Å². The Morgan fingerprint density at radius 3 is 2.59 bits per heavy atom. The van der Waals surface area contributed by atoms with Crippen LogP contribution in [0, 0.1) is 0 Å². The molecule has 0 spiro atoms. The lowest BCUT2D eigenvalue weighted by molar-refractivity contribution is -0.192. The maximum absolute atomic E-state index is 10.6. The Balaban J connectivity index is 0.000000185. The highest BCUT2D eigenvalue weighted by atomic mass is 32.1. The van der Waals surface area contributed by atoms with Gasteiger partial charge in [-0.3, -0.25) is 0 Å². The van der Waals surface area contributed by atoms with Gasteiger partial charge in [0.1, 0.15) is 0 Å². The van der Waals surface area contributed by atoms with Crippen LogP contribution in [0.25, 0.3) is 10.2 Å². The van der Waals surface area contributed by atoms with E-state index in [1.54, 1.807) is 17.5 Å². The molecule has 92 valence electrons. The Labute approximate surface area is 96.7 Å². The largest absolute Gasteiger partial charge is 0.490 e. The molecule has 0 fully saturated rings. The number of halogens is 3. The number of anilines is 1. The van der Waals surface area contributed by atoms with Crippen LogP contribution in [0.1, 0.15) is 0 Å². The Morgan fingerprint density at radius 1 is 1.47 bits per heavy atom. The van der Waals surface area contributed by atoms with Crippen molar-refractivity contribution in [3.63, 3.8) is 0 Å². The number of hydrogen-bond acceptors (Lipinski definition) is 5. The molecule has 0 aliphatic heterocycles. The monoisotopic (exact) mass is 265 g/mol. The summed E-state index contributed by atoms with van der Waals surface area (Å²) in [5.41, 5.74) is 6.29. The molecule has 0 unspecified atom stereocenters. The summed E-state index contributed by atoms with van der Waals surface area (Å²) in [6.07, 6.45) is -3.34. The lowest BCUT2D eigenvalue weighted by atomic mass is 10.5. The molecule has 0 saturated heterocycles. The fraction of sp³-hybridized carbons (Fsp3) is 0.125. The second kappa shape index (κ2) is 4.95. The average Bonchev–Trinajstić information content (AvgIpc) is 2.63. The van der Waals surface area contributed by atoms with Crippen molar-refractivity contribution < 1.29 is 23.1 Å². The third-order valence-electron chi connectivity index (χ3n) is 1.46. The topological polar surface area (TPSA) is 89.1 Å². The third kappa shape index (κ3) is 3.87. The van der Waals surface area contributed by atoms with Crippen molar-refractivity contribution >= 4 is 33.5 Å². The number of nitrogens with zero attached hydrogens (tertiary/aromatic N) is 2. The van der Waals surface area contributed by atoms with Gasteiger partial charge >= 0.3 is 12.1 Å². The van der Waals surface area contributed by atoms with Crippen molar-refractivity contribution in [3.05, 3.63) is 17.6 Å². The summed E-state index contributed by atoms with van der Waals surface area (Å²) in [5.74, 6) is -2.42. The lowest BCUT2D eigenvalue weighted by Crippen LogP contribution is -2.21. The maximum Gasteiger partial charge on any atom is 0.490 e. The van der Waals surface area contributed by atoms with Crippen molar-refractivity contribution in [3.8, 4) is 0 Å². The van der Waals surface area contributed by atoms with Crippen LogP contribution in [-0.4, -0.2) is 27.2 Å². The number of rotatable bonds is 0. The molecule has 0 aliphatic carbocycles. The second-order valence-corrected chi connectivity index (χ2v) is 3.65. The quantitative estimate of drug-likeness (QED) is 0.759. The summed E-state index contributed by atoms with van der Waals surface area (Å²) in [4.78, 5) is 16.8. The lowest BCUT2D eigenvalue weighted by Gasteiger charge is -1.93. The van der Waals surface area contributed by atoms with E-state index in [1.807, 2.05) is 11.4 Å². The number of thiophene rings is 1. The molecule has 3 N–H and O–H groups in total. The van der Waals surface area contributed by atoms with Crippen molar-refractivity contribution in [1.29, 1.82) is 0 Å². The van der Waals surface area contributed by atoms with Crippen LogP contribution in [0.4, 0.5) is 19.1 Å². The molecule has 0 amide bonds. The van der Waals surface area contributed by atoms with E-state index in [2.05, 4.69) is 9.97 Å². The first kappa shape index (κ1) is 13.2. The fourth-order valence-electron chi connectivity index (χ4n) is 0.780. The molecule has 0 aromatic carbocycles. The first-order valence-corrected chi connectivity index (χ1v) is 4.94. The highest BCUT2D eigenvalue weighted by molar-refractivity contribution is 7.17. The van der Waals surface area contributed by atoms with Crippen molar-refractivity contribution in [2.24, 2.45) is 0 Å². The highest BCUT2D eigenvalue weighted by Crippen LogP contribution is 2.17. The summed E-state index contributed by atoms with van der Waals surface area (Å²) < 4.78 is 32.8. The van der Waals surface area contributed by atoms with E-state index < -0.39 is 12.1 Å². The fourth-order valence-corrected chi connectivity index (χ4v) is 1.47. The van der Waals surface area contributed by atoms with Crippen LogP contribution in [0.15, 0.2) is 17.6 Å². The molecule has 2 heterocycles. The number of nitrogen functional groups attached to an aromatic ring is 1. The van der Waals surface area contributed by atoms with E-state index in [-0.39, 0.29) is 0 Å². The molecule has 5 nitrogen and oxygen atoms in total. The van der Waals surface area contributed by atoms with Crippen molar-refractivity contribution in [1.82, 2.24) is 9.97 Å². The number of hydrogen-bond donors (Lipinski definition) is 2. The van der Waals surface area contributed by atoms with E-state index in [9.17, 15) is 13.2 Å². The summed E-state index contributed by atoms with van der Waals surface area (Å²) in [6, 6.07) is 1.93. The van der Waals surface area contributed by atoms with Gasteiger partial charge in [-0.05, 0) is 11.4 Å². The number of nitrogens with two attached hydrogens (primary N) is 1. The van der Waals surface area contributed by atoms with Crippen LogP contribution in [0.5, 0.6) is 0 Å². The molecule has 0 bridgehead atoms. The van der Waals surface area contributed by atoms with Gasteiger partial charge in [-0.25, -0.2) is 14.8 Å². The zero-order valence-corrected chi connectivity index (χ0v) is 8.92. The summed E-state index contributed by atoms with van der Waals surface area (Å²) >= 11 is 1.62. The van der Waals surface area contributed by atoms with Gasteiger partial charge in [-0.2, -0.15) is 13.2 Å². The number of alkyl halides is 3. The number of fused-ring (bicyclic) bond motifs is 1. The van der Waals surface area contributed by atoms with Gasteiger partial charge in [0.15, 0.2) is 0 Å². The predicted octanol–water partition coefficient (Wildman–Crippen LogP) is 1.91. The van der Waals surface area contributed by atoms with E-state index in [0.717, 1.165) is 10.2 Å². The molecule has 0 atom stereocenters. The average molecular weight is 265 g/mol. The predicted molar refractivity (Wildman–Crippen MR) is 55.5 cm³/mol. The van der Waals surface area contributed by atoms with Crippen LogP contribution in [0.2, 0.25) is 0 Å². The SMILES string of the molecule is Nc1ncc2sccc2n1.O=C(O)C(F)(F)F. The van der Waals surface area contributed by atoms with Gasteiger partial charge in [0.05, 0.1) is 16.4 Å². The highest BCUT2D eigenvalue weighted by Gasteiger charge is 2.38. The van der Waals surface area contributed by atoms with Crippen LogP contribution in [-0.2, 0) is 4.79 Å². The molecule has 0 saturated carbocycles. The molecule has 2 aromatic rings. The Kier molecular flexibility index (Phi) is 3.84. The standard InChI is InChI=1S/C6H5N3S.C2HF3O2/c7-6-8-3-5-4(9-6)1-2-10-5;3-2(4,5)1(6)7/h1-3H,(H2,7,8,9);(H,6,7). The molecule has 17 heavy (non-hydrogen) atoms. The molecular weight excluding hydrogens is 259 g/mol. The third-order valence-corrected chi connectivity index (χ3v) is 2.31. The van der Waals surface area contributed by atoms with Crippen molar-refractivity contribution in [2.45, 2.75) is 6.18 Å². The van der Waals surface area contributed by atoms with Gasteiger partial charge in [0.25, 0.3) is 0 Å². The summed E-state index contributed by atoms with van der Waals surface area (Å²) in [7, 11) is 0. The maximum atomic E-state index is 10.6. The Hall–Kier alpha value is -1.90. The van der Waals surface area contributed by atoms with Crippen molar-refractivity contribution in [2.75, 3.05) is 5.73 Å². The minimum atomic E-state index is -5.08.